The van der Waals surface area contributed by atoms with Gasteiger partial charge in [-0.05, 0) is 113 Å². The highest BCUT2D eigenvalue weighted by atomic mass is 16.5. The second kappa shape index (κ2) is 13.4. The summed E-state index contributed by atoms with van der Waals surface area (Å²) in [6, 6.07) is 31.1. The number of hydrogen-bond donors (Lipinski definition) is 4. The summed E-state index contributed by atoms with van der Waals surface area (Å²) >= 11 is 0. The van der Waals surface area contributed by atoms with Crippen LogP contribution >= 0.6 is 0 Å². The van der Waals surface area contributed by atoms with E-state index in [2.05, 4.69) is 18.2 Å². The van der Waals surface area contributed by atoms with Gasteiger partial charge in [0.15, 0.2) is 0 Å². The Labute approximate surface area is 264 Å². The number of rotatable bonds is 11. The van der Waals surface area contributed by atoms with Crippen LogP contribution < -0.4 is 41.9 Å². The molecule has 0 unspecified atom stereocenters. The number of anilines is 4. The van der Waals surface area contributed by atoms with Gasteiger partial charge in [-0.3, -0.25) is 0 Å². The minimum absolute atomic E-state index is 0.201. The molecule has 5 rings (SSSR count). The smallest absolute Gasteiger partial charge is 0.119 e. The van der Waals surface area contributed by atoms with Gasteiger partial charge >= 0.3 is 0 Å². The third kappa shape index (κ3) is 6.55. The molecule has 0 aromatic heterocycles. The van der Waals surface area contributed by atoms with Crippen LogP contribution in [0.5, 0.6) is 23.0 Å². The van der Waals surface area contributed by atoms with Gasteiger partial charge in [-0.2, -0.15) is 0 Å². The second-order valence-corrected chi connectivity index (χ2v) is 10.9. The summed E-state index contributed by atoms with van der Waals surface area (Å²) in [4.78, 5) is 0. The zero-order valence-electron chi connectivity index (χ0n) is 26.0. The van der Waals surface area contributed by atoms with E-state index >= 15 is 0 Å². The summed E-state index contributed by atoms with van der Waals surface area (Å²) in [5.41, 5.74) is 34.6. The summed E-state index contributed by atoms with van der Waals surface area (Å²) < 4.78 is 22.3. The topological polar surface area (TPSA) is 141 Å². The summed E-state index contributed by atoms with van der Waals surface area (Å²) in [5, 5.41) is 0. The maximum absolute atomic E-state index is 6.62. The highest BCUT2D eigenvalue weighted by Gasteiger charge is 2.25. The Morgan fingerprint density at radius 3 is 1.24 bits per heavy atom. The lowest BCUT2D eigenvalue weighted by molar-refractivity contribution is 0.413. The van der Waals surface area contributed by atoms with Gasteiger partial charge in [-0.1, -0.05) is 24.3 Å². The van der Waals surface area contributed by atoms with Gasteiger partial charge in [0.2, 0.25) is 0 Å². The van der Waals surface area contributed by atoms with Crippen molar-refractivity contribution in [3.8, 4) is 23.0 Å². The molecular formula is C37H40N4O4. The lowest BCUT2D eigenvalue weighted by atomic mass is 9.80. The van der Waals surface area contributed by atoms with Crippen LogP contribution in [0.3, 0.4) is 0 Å². The van der Waals surface area contributed by atoms with Crippen molar-refractivity contribution in [2.75, 3.05) is 51.4 Å². The Hall–Kier alpha value is -5.50. The third-order valence-corrected chi connectivity index (χ3v) is 8.27. The number of benzene rings is 5. The van der Waals surface area contributed by atoms with Crippen molar-refractivity contribution >= 4 is 22.7 Å². The third-order valence-electron chi connectivity index (χ3n) is 8.27. The van der Waals surface area contributed by atoms with Crippen molar-refractivity contribution < 1.29 is 18.9 Å². The van der Waals surface area contributed by atoms with Gasteiger partial charge in [0, 0.05) is 34.6 Å². The number of ether oxygens (including phenoxy) is 4. The lowest BCUT2D eigenvalue weighted by Crippen LogP contribution is -2.12. The van der Waals surface area contributed by atoms with Gasteiger partial charge in [0.25, 0.3) is 0 Å². The van der Waals surface area contributed by atoms with E-state index in [1.54, 1.807) is 28.4 Å². The quantitative estimate of drug-likeness (QED) is 0.0976. The van der Waals surface area contributed by atoms with E-state index in [4.69, 9.17) is 41.9 Å². The van der Waals surface area contributed by atoms with Gasteiger partial charge < -0.3 is 41.9 Å². The Morgan fingerprint density at radius 1 is 0.467 bits per heavy atom. The van der Waals surface area contributed by atoms with Crippen molar-refractivity contribution in [1.82, 2.24) is 0 Å². The zero-order chi connectivity index (χ0) is 32.1. The van der Waals surface area contributed by atoms with Crippen LogP contribution in [0.25, 0.3) is 0 Å². The molecule has 0 amide bonds. The molecule has 0 saturated carbocycles. The molecule has 45 heavy (non-hydrogen) atoms. The summed E-state index contributed by atoms with van der Waals surface area (Å²) in [5.74, 6) is 2.31. The number of hydrogen-bond acceptors (Lipinski definition) is 8. The molecule has 0 aliphatic heterocycles. The number of nitrogens with two attached hydrogens (primary N) is 4. The molecule has 8 heteroatoms. The van der Waals surface area contributed by atoms with Crippen LogP contribution in [0.15, 0.2) is 97.1 Å². The maximum atomic E-state index is 6.62. The average Bonchev–Trinajstić information content (AvgIpc) is 3.06. The fraction of sp³-hybridized carbons (Fsp3) is 0.189. The van der Waals surface area contributed by atoms with Crippen molar-refractivity contribution in [3.05, 3.63) is 130 Å². The van der Waals surface area contributed by atoms with Gasteiger partial charge in [0.05, 0.1) is 28.4 Å². The summed E-state index contributed by atoms with van der Waals surface area (Å²) in [6.45, 7) is 0. The van der Waals surface area contributed by atoms with Crippen LogP contribution in [-0.2, 0) is 6.42 Å². The van der Waals surface area contributed by atoms with Crippen LogP contribution in [0.1, 0.15) is 45.2 Å². The van der Waals surface area contributed by atoms with Crippen LogP contribution in [-0.4, -0.2) is 28.4 Å². The largest absolute Gasteiger partial charge is 0.497 e. The molecule has 0 radical (unpaired) electrons. The molecule has 0 heterocycles. The molecule has 0 atom stereocenters. The molecule has 0 bridgehead atoms. The SMILES string of the molecule is COc1ccc(N)c(C(Cc2cccc(C(c3cc(OC)ccc3N)c3cc(OC)ccc3N)c2)c2cc(OC)ccc2N)c1. The van der Waals surface area contributed by atoms with Gasteiger partial charge in [-0.25, -0.2) is 0 Å². The van der Waals surface area contributed by atoms with E-state index < -0.39 is 0 Å². The molecular weight excluding hydrogens is 564 g/mol. The van der Waals surface area contributed by atoms with E-state index in [0.29, 0.717) is 52.2 Å². The zero-order valence-corrected chi connectivity index (χ0v) is 26.0. The summed E-state index contributed by atoms with van der Waals surface area (Å²) in [6.07, 6.45) is 0.594. The molecule has 5 aromatic carbocycles. The molecule has 0 aliphatic carbocycles. The molecule has 232 valence electrons. The van der Waals surface area contributed by atoms with E-state index in [9.17, 15) is 0 Å². The van der Waals surface area contributed by atoms with Gasteiger partial charge in [-0.15, -0.1) is 0 Å². The average molecular weight is 605 g/mol. The molecule has 8 N–H and O–H groups in total. The normalized spacial score (nSPS) is 11.1. The summed E-state index contributed by atoms with van der Waals surface area (Å²) in [7, 11) is 6.56. The first-order valence-corrected chi connectivity index (χ1v) is 14.6. The fourth-order valence-corrected chi connectivity index (χ4v) is 5.87. The lowest BCUT2D eigenvalue weighted by Gasteiger charge is -2.25. The van der Waals surface area contributed by atoms with Crippen LogP contribution in [0.4, 0.5) is 22.7 Å². The van der Waals surface area contributed by atoms with Crippen molar-refractivity contribution in [2.24, 2.45) is 0 Å². The van der Waals surface area contributed by atoms with E-state index in [1.807, 2.05) is 78.9 Å². The standard InChI is InChI=1S/C37H40N4O4/c1-42-24-8-12-33(38)29(18-24)28(30-19-25(43-2)9-13-34(30)39)17-22-6-5-7-23(16-22)37(31-20-26(44-3)10-14-35(31)40)32-21-27(45-4)11-15-36(32)41/h5-16,18-21,28,37H,17,38-41H2,1-4H3. The highest BCUT2D eigenvalue weighted by Crippen LogP contribution is 2.42. The van der Waals surface area contributed by atoms with E-state index in [-0.39, 0.29) is 11.8 Å². The first-order chi connectivity index (χ1) is 21.8. The van der Waals surface area contributed by atoms with Gasteiger partial charge in [0.1, 0.15) is 23.0 Å². The Kier molecular flexibility index (Phi) is 9.23. The predicted octanol–water partition coefficient (Wildman–Crippen LogP) is 6.60. The Morgan fingerprint density at radius 2 is 0.844 bits per heavy atom. The molecule has 0 spiro atoms. The Balaban J connectivity index is 1.68. The monoisotopic (exact) mass is 604 g/mol. The highest BCUT2D eigenvalue weighted by molar-refractivity contribution is 5.65. The van der Waals surface area contributed by atoms with Crippen LogP contribution in [0.2, 0.25) is 0 Å². The Bertz CT molecular complexity index is 1700. The number of nitrogen functional groups attached to an aromatic ring is 4. The molecule has 0 fully saturated rings. The van der Waals surface area contributed by atoms with E-state index in [1.165, 1.54) is 0 Å². The first-order valence-electron chi connectivity index (χ1n) is 14.6. The number of methoxy groups -OCH3 is 4. The van der Waals surface area contributed by atoms with E-state index in [0.717, 1.165) is 33.4 Å². The molecule has 5 aromatic rings. The minimum Gasteiger partial charge on any atom is -0.497 e. The maximum Gasteiger partial charge on any atom is 0.119 e. The van der Waals surface area contributed by atoms with Crippen molar-refractivity contribution in [3.63, 3.8) is 0 Å². The van der Waals surface area contributed by atoms with Crippen LogP contribution in [0, 0.1) is 0 Å². The predicted molar refractivity (Wildman–Crippen MR) is 183 cm³/mol. The first kappa shape index (κ1) is 30.9. The minimum atomic E-state index is -0.308. The molecule has 0 saturated heterocycles. The van der Waals surface area contributed by atoms with Crippen molar-refractivity contribution in [2.45, 2.75) is 18.3 Å². The second-order valence-electron chi connectivity index (χ2n) is 10.9. The molecule has 0 aliphatic rings. The van der Waals surface area contributed by atoms with Crippen molar-refractivity contribution in [1.29, 1.82) is 0 Å². The fourth-order valence-electron chi connectivity index (χ4n) is 5.87. The molecule has 8 nitrogen and oxygen atoms in total.